The van der Waals surface area contributed by atoms with Crippen molar-refractivity contribution < 1.29 is 21.6 Å². The fourth-order valence-corrected chi connectivity index (χ4v) is 3.03. The number of nitrogens with zero attached hydrogens (tertiary/aromatic N) is 2. The minimum Gasteiger partial charge on any atom is -0.372 e. The van der Waals surface area contributed by atoms with Crippen LogP contribution in [0.1, 0.15) is 19.4 Å². The zero-order valence-electron chi connectivity index (χ0n) is 13.6. The van der Waals surface area contributed by atoms with Gasteiger partial charge in [0.2, 0.25) is 0 Å². The first-order valence-electron chi connectivity index (χ1n) is 7.16. The Balaban J connectivity index is 3.05. The number of halogens is 3. The number of anilines is 2. The molecule has 0 bridgehead atoms. The zero-order chi connectivity index (χ0) is 17.8. The van der Waals surface area contributed by atoms with Gasteiger partial charge in [-0.3, -0.25) is 4.72 Å². The van der Waals surface area contributed by atoms with E-state index in [-0.39, 0.29) is 9.99 Å². The molecule has 0 aromatic heterocycles. The molecule has 0 radical (unpaired) electrons. The quantitative estimate of drug-likeness (QED) is 0.820. The molecule has 1 N–H and O–H groups in total. The van der Waals surface area contributed by atoms with Gasteiger partial charge >= 0.3 is 16.4 Å². The van der Waals surface area contributed by atoms with Crippen molar-refractivity contribution in [2.45, 2.75) is 26.9 Å². The highest BCUT2D eigenvalue weighted by Crippen LogP contribution is 2.25. The standard InChI is InChI=1S/C14H22F3N3O2S/c1-5-20(6-2)12-8-7-11(3)13(9-12)18-23(21,22)19(4)10-14(15,16)17/h7-9,18H,5-6,10H2,1-4H3. The summed E-state index contributed by atoms with van der Waals surface area (Å²) in [7, 11) is -3.39. The first-order valence-corrected chi connectivity index (χ1v) is 8.60. The van der Waals surface area contributed by atoms with E-state index < -0.39 is 22.9 Å². The van der Waals surface area contributed by atoms with Gasteiger partial charge < -0.3 is 4.90 Å². The molecule has 0 aliphatic carbocycles. The minimum atomic E-state index is -4.60. The maximum absolute atomic E-state index is 12.4. The lowest BCUT2D eigenvalue weighted by atomic mass is 10.1. The van der Waals surface area contributed by atoms with Gasteiger partial charge in [-0.25, -0.2) is 0 Å². The maximum atomic E-state index is 12.4. The molecule has 0 aliphatic rings. The molecule has 1 aromatic carbocycles. The summed E-state index contributed by atoms with van der Waals surface area (Å²) >= 11 is 0. The van der Waals surface area contributed by atoms with Crippen molar-refractivity contribution in [1.82, 2.24) is 4.31 Å². The summed E-state index contributed by atoms with van der Waals surface area (Å²) in [6, 6.07) is 5.20. The smallest absolute Gasteiger partial charge is 0.372 e. The molecule has 9 heteroatoms. The van der Waals surface area contributed by atoms with Crippen LogP contribution in [0.3, 0.4) is 0 Å². The molecule has 23 heavy (non-hydrogen) atoms. The first kappa shape index (κ1) is 19.6. The van der Waals surface area contributed by atoms with E-state index in [9.17, 15) is 21.6 Å². The Morgan fingerprint density at radius 3 is 2.22 bits per heavy atom. The van der Waals surface area contributed by atoms with Crippen molar-refractivity contribution in [2.24, 2.45) is 0 Å². The van der Waals surface area contributed by atoms with E-state index in [1.807, 2.05) is 24.8 Å². The first-order chi connectivity index (χ1) is 10.5. The van der Waals surface area contributed by atoms with E-state index in [1.54, 1.807) is 19.1 Å². The van der Waals surface area contributed by atoms with Crippen LogP contribution in [0.5, 0.6) is 0 Å². The van der Waals surface area contributed by atoms with Gasteiger partial charge in [-0.15, -0.1) is 0 Å². The summed E-state index contributed by atoms with van der Waals surface area (Å²) in [4.78, 5) is 2.01. The van der Waals surface area contributed by atoms with Crippen molar-refractivity contribution in [3.63, 3.8) is 0 Å². The number of hydrogen-bond donors (Lipinski definition) is 1. The van der Waals surface area contributed by atoms with Crippen LogP contribution in [0.2, 0.25) is 0 Å². The second-order valence-corrected chi connectivity index (χ2v) is 6.93. The third kappa shape index (κ3) is 5.58. The van der Waals surface area contributed by atoms with Crippen LogP contribution in [0.25, 0.3) is 0 Å². The molecule has 0 unspecified atom stereocenters. The monoisotopic (exact) mass is 353 g/mol. The Labute approximate surface area is 135 Å². The molecule has 0 heterocycles. The van der Waals surface area contributed by atoms with Crippen LogP contribution in [-0.2, 0) is 10.2 Å². The van der Waals surface area contributed by atoms with E-state index in [1.165, 1.54) is 0 Å². The normalized spacial score (nSPS) is 12.5. The molecule has 0 saturated heterocycles. The molecule has 0 amide bonds. The SMILES string of the molecule is CCN(CC)c1ccc(C)c(NS(=O)(=O)N(C)CC(F)(F)F)c1. The molecule has 0 aliphatic heterocycles. The lowest BCUT2D eigenvalue weighted by Crippen LogP contribution is -2.39. The highest BCUT2D eigenvalue weighted by Gasteiger charge is 2.34. The third-order valence-electron chi connectivity index (χ3n) is 3.40. The summed E-state index contributed by atoms with van der Waals surface area (Å²) in [6.07, 6.45) is -4.60. The van der Waals surface area contributed by atoms with E-state index in [0.717, 1.165) is 25.8 Å². The molecular formula is C14H22F3N3O2S. The topological polar surface area (TPSA) is 52.7 Å². The van der Waals surface area contributed by atoms with Gasteiger partial charge in [0.15, 0.2) is 0 Å². The van der Waals surface area contributed by atoms with Gasteiger partial charge in [-0.2, -0.15) is 25.9 Å². The number of hydrogen-bond acceptors (Lipinski definition) is 3. The minimum absolute atomic E-state index is 0.247. The predicted molar refractivity (Wildman–Crippen MR) is 86.0 cm³/mol. The average Bonchev–Trinajstić information content (AvgIpc) is 2.41. The van der Waals surface area contributed by atoms with Crippen molar-refractivity contribution in [3.8, 4) is 0 Å². The van der Waals surface area contributed by atoms with Crippen LogP contribution in [0.4, 0.5) is 24.5 Å². The van der Waals surface area contributed by atoms with Crippen molar-refractivity contribution in [2.75, 3.05) is 36.3 Å². The fourth-order valence-electron chi connectivity index (χ4n) is 2.06. The van der Waals surface area contributed by atoms with Crippen molar-refractivity contribution in [3.05, 3.63) is 23.8 Å². The van der Waals surface area contributed by atoms with Gasteiger partial charge in [-0.1, -0.05) is 6.07 Å². The van der Waals surface area contributed by atoms with E-state index in [0.29, 0.717) is 5.56 Å². The summed E-state index contributed by atoms with van der Waals surface area (Å²) in [6.45, 7) is 5.54. The molecule has 1 rings (SSSR count). The Hall–Kier alpha value is -1.48. The third-order valence-corrected chi connectivity index (χ3v) is 4.83. The lowest BCUT2D eigenvalue weighted by Gasteiger charge is -2.24. The lowest BCUT2D eigenvalue weighted by molar-refractivity contribution is -0.134. The van der Waals surface area contributed by atoms with E-state index in [2.05, 4.69) is 4.72 Å². The zero-order valence-corrected chi connectivity index (χ0v) is 14.4. The van der Waals surface area contributed by atoms with Crippen LogP contribution in [0.15, 0.2) is 18.2 Å². The maximum Gasteiger partial charge on any atom is 0.402 e. The Morgan fingerprint density at radius 2 is 1.74 bits per heavy atom. The molecular weight excluding hydrogens is 331 g/mol. The summed E-state index contributed by atoms with van der Waals surface area (Å²) < 4.78 is 63.7. The van der Waals surface area contributed by atoms with E-state index >= 15 is 0 Å². The molecule has 5 nitrogen and oxygen atoms in total. The molecule has 0 fully saturated rings. The summed E-state index contributed by atoms with van der Waals surface area (Å²) in [5.74, 6) is 0. The summed E-state index contributed by atoms with van der Waals surface area (Å²) in [5, 5.41) is 0. The Morgan fingerprint density at radius 1 is 1.17 bits per heavy atom. The predicted octanol–water partition coefficient (Wildman–Crippen LogP) is 2.99. The number of benzene rings is 1. The van der Waals surface area contributed by atoms with Crippen LogP contribution in [-0.4, -0.2) is 45.6 Å². The fraction of sp³-hybridized carbons (Fsp3) is 0.571. The largest absolute Gasteiger partial charge is 0.402 e. The number of alkyl halides is 3. The molecule has 1 aromatic rings. The Kier molecular flexibility index (Phi) is 6.29. The molecule has 0 atom stereocenters. The second kappa shape index (κ2) is 7.39. The van der Waals surface area contributed by atoms with Crippen LogP contribution in [0, 0.1) is 6.92 Å². The number of rotatable bonds is 7. The van der Waals surface area contributed by atoms with Gasteiger partial charge in [-0.05, 0) is 38.5 Å². The van der Waals surface area contributed by atoms with E-state index in [4.69, 9.17) is 0 Å². The molecule has 132 valence electrons. The van der Waals surface area contributed by atoms with Crippen LogP contribution >= 0.6 is 0 Å². The van der Waals surface area contributed by atoms with Crippen molar-refractivity contribution in [1.29, 1.82) is 0 Å². The average molecular weight is 353 g/mol. The van der Waals surface area contributed by atoms with Gasteiger partial charge in [0.05, 0.1) is 5.69 Å². The van der Waals surface area contributed by atoms with Gasteiger partial charge in [0, 0.05) is 25.8 Å². The Bertz CT molecular complexity index is 629. The highest BCUT2D eigenvalue weighted by molar-refractivity contribution is 7.90. The summed E-state index contributed by atoms with van der Waals surface area (Å²) in [5.41, 5.74) is 1.70. The van der Waals surface area contributed by atoms with Crippen LogP contribution < -0.4 is 9.62 Å². The second-order valence-electron chi connectivity index (χ2n) is 5.15. The highest BCUT2D eigenvalue weighted by atomic mass is 32.2. The number of nitrogens with one attached hydrogen (secondary N) is 1. The number of aryl methyl sites for hydroxylation is 1. The molecule has 0 saturated carbocycles. The van der Waals surface area contributed by atoms with Gasteiger partial charge in [0.25, 0.3) is 0 Å². The molecule has 0 spiro atoms. The van der Waals surface area contributed by atoms with Crippen molar-refractivity contribution >= 4 is 21.6 Å². The van der Waals surface area contributed by atoms with Gasteiger partial charge in [0.1, 0.15) is 6.54 Å².